The van der Waals surface area contributed by atoms with Gasteiger partial charge in [-0.2, -0.15) is 0 Å². The summed E-state index contributed by atoms with van der Waals surface area (Å²) in [7, 11) is 1.83. The van der Waals surface area contributed by atoms with E-state index >= 15 is 0 Å². The summed E-state index contributed by atoms with van der Waals surface area (Å²) in [5.74, 6) is -0.638. The molecular formula is C28H22N2O2. The van der Waals surface area contributed by atoms with Crippen LogP contribution in [0.25, 0.3) is 16.3 Å². The number of anilines is 2. The molecule has 0 atom stereocenters. The minimum absolute atomic E-state index is 0.312. The van der Waals surface area contributed by atoms with Crippen LogP contribution in [-0.2, 0) is 9.59 Å². The molecule has 0 N–H and O–H groups in total. The van der Waals surface area contributed by atoms with Gasteiger partial charge in [0.1, 0.15) is 5.70 Å². The van der Waals surface area contributed by atoms with E-state index in [2.05, 4.69) is 0 Å². The largest absolute Gasteiger partial charge is 0.339 e. The van der Waals surface area contributed by atoms with Crippen LogP contribution in [0.5, 0.6) is 0 Å². The Balaban J connectivity index is 1.71. The lowest BCUT2D eigenvalue weighted by molar-refractivity contribution is -0.120. The molecule has 1 heterocycles. The van der Waals surface area contributed by atoms with Gasteiger partial charge in [0.15, 0.2) is 0 Å². The predicted molar refractivity (Wildman–Crippen MR) is 129 cm³/mol. The van der Waals surface area contributed by atoms with E-state index in [-0.39, 0.29) is 11.8 Å². The molecule has 0 bridgehead atoms. The third kappa shape index (κ3) is 3.17. The Morgan fingerprint density at radius 3 is 2.09 bits per heavy atom. The van der Waals surface area contributed by atoms with Gasteiger partial charge >= 0.3 is 0 Å². The molecule has 4 aromatic rings. The minimum Gasteiger partial charge on any atom is -0.339 e. The Hall–Kier alpha value is -4.18. The first-order valence-corrected chi connectivity index (χ1v) is 10.5. The summed E-state index contributed by atoms with van der Waals surface area (Å²) in [6.07, 6.45) is 0. The Bertz CT molecular complexity index is 1370. The molecule has 2 amide bonds. The molecule has 156 valence electrons. The van der Waals surface area contributed by atoms with E-state index in [1.165, 1.54) is 4.90 Å². The number of imide groups is 1. The molecule has 4 aromatic carbocycles. The molecule has 0 unspecified atom stereocenters. The average Bonchev–Trinajstić information content (AvgIpc) is 3.09. The number of likely N-dealkylation sites (N-methyl/N-ethyl adjacent to an activating group) is 1. The van der Waals surface area contributed by atoms with Crippen molar-refractivity contribution in [3.05, 3.63) is 114 Å². The number of fused-ring (bicyclic) bond motifs is 1. The smallest absolute Gasteiger partial charge is 0.282 e. The number of aryl methyl sites for hydroxylation is 1. The second-order valence-electron chi connectivity index (χ2n) is 7.93. The number of benzene rings is 4. The summed E-state index contributed by atoms with van der Waals surface area (Å²) in [6, 6.07) is 30.8. The Labute approximate surface area is 187 Å². The molecule has 32 heavy (non-hydrogen) atoms. The van der Waals surface area contributed by atoms with Crippen molar-refractivity contribution >= 4 is 39.5 Å². The molecule has 0 radical (unpaired) electrons. The summed E-state index contributed by atoms with van der Waals surface area (Å²) >= 11 is 0. The van der Waals surface area contributed by atoms with Gasteiger partial charge in [-0.25, -0.2) is 4.90 Å². The normalized spacial score (nSPS) is 13.9. The standard InChI is InChI=1S/C28H22N2O2/c1-19-15-17-21(18-16-19)25-26(29(2)22-11-4-3-5-12-22)28(32)30(27(25)31)24-14-8-10-20-9-6-7-13-23(20)24/h3-18H,1-2H3. The maximum absolute atomic E-state index is 13.8. The maximum atomic E-state index is 13.8. The Kier molecular flexibility index (Phi) is 4.83. The van der Waals surface area contributed by atoms with Crippen LogP contribution < -0.4 is 9.80 Å². The van der Waals surface area contributed by atoms with Gasteiger partial charge in [0.05, 0.1) is 11.3 Å². The molecule has 0 saturated heterocycles. The lowest BCUT2D eigenvalue weighted by Crippen LogP contribution is -2.34. The SMILES string of the molecule is Cc1ccc(C2=C(N(C)c3ccccc3)C(=O)N(c3cccc4ccccc34)C2=O)cc1. The van der Waals surface area contributed by atoms with Crippen molar-refractivity contribution < 1.29 is 9.59 Å². The fourth-order valence-electron chi connectivity index (χ4n) is 4.21. The molecule has 0 aromatic heterocycles. The van der Waals surface area contributed by atoms with Crippen molar-refractivity contribution in [3.63, 3.8) is 0 Å². The van der Waals surface area contributed by atoms with Crippen molar-refractivity contribution in [2.45, 2.75) is 6.92 Å². The highest BCUT2D eigenvalue weighted by molar-refractivity contribution is 6.47. The highest BCUT2D eigenvalue weighted by atomic mass is 16.2. The third-order valence-electron chi connectivity index (χ3n) is 5.89. The van der Waals surface area contributed by atoms with E-state index in [4.69, 9.17) is 0 Å². The lowest BCUT2D eigenvalue weighted by atomic mass is 10.0. The van der Waals surface area contributed by atoms with Crippen LogP contribution in [0.4, 0.5) is 11.4 Å². The molecule has 0 fully saturated rings. The van der Waals surface area contributed by atoms with Crippen LogP contribution in [0.1, 0.15) is 11.1 Å². The Morgan fingerprint density at radius 1 is 0.688 bits per heavy atom. The number of hydrogen-bond acceptors (Lipinski definition) is 3. The van der Waals surface area contributed by atoms with Crippen molar-refractivity contribution in [3.8, 4) is 0 Å². The average molecular weight is 418 g/mol. The van der Waals surface area contributed by atoms with Crippen LogP contribution >= 0.6 is 0 Å². The molecule has 5 rings (SSSR count). The zero-order valence-corrected chi connectivity index (χ0v) is 17.9. The van der Waals surface area contributed by atoms with Gasteiger partial charge in [0.2, 0.25) is 0 Å². The number of hydrogen-bond donors (Lipinski definition) is 0. The van der Waals surface area contributed by atoms with Crippen LogP contribution in [0, 0.1) is 6.92 Å². The highest BCUT2D eigenvalue weighted by Gasteiger charge is 2.42. The number of amides is 2. The van der Waals surface area contributed by atoms with E-state index in [1.807, 2.05) is 111 Å². The van der Waals surface area contributed by atoms with E-state index in [9.17, 15) is 9.59 Å². The van der Waals surface area contributed by atoms with E-state index in [1.54, 1.807) is 4.90 Å². The summed E-state index contributed by atoms with van der Waals surface area (Å²) in [4.78, 5) is 30.8. The fraction of sp³-hybridized carbons (Fsp3) is 0.0714. The summed E-state index contributed by atoms with van der Waals surface area (Å²) in [6.45, 7) is 2.00. The van der Waals surface area contributed by atoms with Gasteiger partial charge < -0.3 is 4.90 Å². The second-order valence-corrected chi connectivity index (χ2v) is 7.93. The van der Waals surface area contributed by atoms with Crippen molar-refractivity contribution in [1.29, 1.82) is 0 Å². The van der Waals surface area contributed by atoms with Gasteiger partial charge in [-0.1, -0.05) is 84.4 Å². The van der Waals surface area contributed by atoms with Crippen molar-refractivity contribution in [2.24, 2.45) is 0 Å². The molecule has 1 aliphatic rings. The topological polar surface area (TPSA) is 40.6 Å². The monoisotopic (exact) mass is 418 g/mol. The lowest BCUT2D eigenvalue weighted by Gasteiger charge is -2.22. The first-order chi connectivity index (χ1) is 15.6. The summed E-state index contributed by atoms with van der Waals surface area (Å²) < 4.78 is 0. The van der Waals surface area contributed by atoms with Crippen LogP contribution in [0.2, 0.25) is 0 Å². The molecule has 0 spiro atoms. The third-order valence-corrected chi connectivity index (χ3v) is 5.89. The number of para-hydroxylation sites is 1. The molecule has 4 nitrogen and oxygen atoms in total. The molecular weight excluding hydrogens is 396 g/mol. The van der Waals surface area contributed by atoms with Crippen molar-refractivity contribution in [2.75, 3.05) is 16.8 Å². The zero-order valence-electron chi connectivity index (χ0n) is 17.9. The van der Waals surface area contributed by atoms with Gasteiger partial charge in [-0.3, -0.25) is 9.59 Å². The van der Waals surface area contributed by atoms with E-state index < -0.39 is 0 Å². The maximum Gasteiger partial charge on any atom is 0.282 e. The predicted octanol–water partition coefficient (Wildman–Crippen LogP) is 5.57. The molecule has 0 saturated carbocycles. The van der Waals surface area contributed by atoms with Crippen LogP contribution in [0.3, 0.4) is 0 Å². The summed E-state index contributed by atoms with van der Waals surface area (Å²) in [5, 5.41) is 1.84. The van der Waals surface area contributed by atoms with E-state index in [0.29, 0.717) is 17.0 Å². The number of carbonyl (C=O) groups is 2. The Morgan fingerprint density at radius 2 is 1.34 bits per heavy atom. The number of nitrogens with zero attached hydrogens (tertiary/aromatic N) is 2. The van der Waals surface area contributed by atoms with Gasteiger partial charge in [0, 0.05) is 18.1 Å². The van der Waals surface area contributed by atoms with Crippen LogP contribution in [-0.4, -0.2) is 18.9 Å². The van der Waals surface area contributed by atoms with Crippen molar-refractivity contribution in [1.82, 2.24) is 0 Å². The highest BCUT2D eigenvalue weighted by Crippen LogP contribution is 2.38. The zero-order chi connectivity index (χ0) is 22.2. The number of carbonyl (C=O) groups excluding carboxylic acids is 2. The van der Waals surface area contributed by atoms with Crippen LogP contribution in [0.15, 0.2) is 103 Å². The quantitative estimate of drug-likeness (QED) is 0.407. The molecule has 0 aliphatic carbocycles. The fourth-order valence-corrected chi connectivity index (χ4v) is 4.21. The van der Waals surface area contributed by atoms with E-state index in [0.717, 1.165) is 27.6 Å². The molecule has 4 heteroatoms. The first-order valence-electron chi connectivity index (χ1n) is 10.5. The molecule has 1 aliphatic heterocycles. The van der Waals surface area contributed by atoms with Gasteiger partial charge in [0.25, 0.3) is 11.8 Å². The second kappa shape index (κ2) is 7.82. The van der Waals surface area contributed by atoms with Gasteiger partial charge in [-0.05, 0) is 36.1 Å². The number of rotatable bonds is 4. The minimum atomic E-state index is -0.326. The summed E-state index contributed by atoms with van der Waals surface area (Å²) in [5.41, 5.74) is 4.05. The van der Waals surface area contributed by atoms with Gasteiger partial charge in [-0.15, -0.1) is 0 Å². The first kappa shape index (κ1) is 19.8.